The van der Waals surface area contributed by atoms with Crippen molar-refractivity contribution in [2.75, 3.05) is 51.3 Å². The predicted molar refractivity (Wildman–Crippen MR) is 99.5 cm³/mol. The van der Waals surface area contributed by atoms with Gasteiger partial charge in [0.05, 0.1) is 12.8 Å². The quantitative estimate of drug-likeness (QED) is 0.822. The number of para-hydroxylation sites is 3. The Morgan fingerprint density at radius 1 is 1.00 bits per heavy atom. The van der Waals surface area contributed by atoms with Crippen LogP contribution in [0.15, 0.2) is 48.5 Å². The minimum absolute atomic E-state index is 0.0770. The first kappa shape index (κ1) is 18.5. The number of aliphatic hydroxyl groups is 1. The van der Waals surface area contributed by atoms with Gasteiger partial charge < -0.3 is 19.5 Å². The van der Waals surface area contributed by atoms with Gasteiger partial charge in [0.15, 0.2) is 11.6 Å². The molecule has 140 valence electrons. The van der Waals surface area contributed by atoms with Crippen molar-refractivity contribution >= 4 is 5.69 Å². The van der Waals surface area contributed by atoms with Gasteiger partial charge in [-0.1, -0.05) is 24.3 Å². The predicted octanol–water partition coefficient (Wildman–Crippen LogP) is 2.40. The molecule has 1 unspecified atom stereocenters. The van der Waals surface area contributed by atoms with Crippen molar-refractivity contribution in [3.05, 3.63) is 54.3 Å². The van der Waals surface area contributed by atoms with Gasteiger partial charge in [-0.05, 0) is 24.3 Å². The second-order valence-electron chi connectivity index (χ2n) is 6.35. The Hall–Kier alpha value is -2.31. The summed E-state index contributed by atoms with van der Waals surface area (Å²) >= 11 is 0. The lowest BCUT2D eigenvalue weighted by Crippen LogP contribution is -2.49. The van der Waals surface area contributed by atoms with Crippen LogP contribution >= 0.6 is 0 Å². The summed E-state index contributed by atoms with van der Waals surface area (Å²) < 4.78 is 24.3. The van der Waals surface area contributed by atoms with Crippen LogP contribution in [-0.2, 0) is 0 Å². The fourth-order valence-electron chi connectivity index (χ4n) is 3.16. The monoisotopic (exact) mass is 360 g/mol. The van der Waals surface area contributed by atoms with E-state index in [-0.39, 0.29) is 12.4 Å². The molecule has 1 aliphatic heterocycles. The van der Waals surface area contributed by atoms with E-state index in [2.05, 4.69) is 15.9 Å². The van der Waals surface area contributed by atoms with Gasteiger partial charge >= 0.3 is 0 Å². The first-order valence-corrected chi connectivity index (χ1v) is 8.83. The minimum atomic E-state index is -0.660. The molecule has 0 spiro atoms. The lowest BCUT2D eigenvalue weighted by Gasteiger charge is -2.37. The average molecular weight is 360 g/mol. The molecule has 0 radical (unpaired) electrons. The van der Waals surface area contributed by atoms with Crippen molar-refractivity contribution in [3.8, 4) is 11.5 Å². The number of hydrogen-bond donors (Lipinski definition) is 1. The van der Waals surface area contributed by atoms with Crippen molar-refractivity contribution in [2.45, 2.75) is 6.10 Å². The van der Waals surface area contributed by atoms with Gasteiger partial charge in [0.2, 0.25) is 0 Å². The topological polar surface area (TPSA) is 45.2 Å². The molecule has 0 amide bonds. The maximum Gasteiger partial charge on any atom is 0.165 e. The molecule has 26 heavy (non-hydrogen) atoms. The molecule has 1 aliphatic rings. The number of hydrogen-bond acceptors (Lipinski definition) is 5. The van der Waals surface area contributed by atoms with Gasteiger partial charge in [-0.15, -0.1) is 0 Å². The fourth-order valence-corrected chi connectivity index (χ4v) is 3.16. The van der Waals surface area contributed by atoms with Crippen LogP contribution in [0.3, 0.4) is 0 Å². The molecule has 3 rings (SSSR count). The van der Waals surface area contributed by atoms with E-state index in [9.17, 15) is 9.50 Å². The number of anilines is 1. The van der Waals surface area contributed by atoms with Crippen LogP contribution in [0.4, 0.5) is 10.1 Å². The first-order chi connectivity index (χ1) is 12.7. The number of piperazine rings is 1. The molecule has 1 fully saturated rings. The Bertz CT molecular complexity index is 705. The Morgan fingerprint density at radius 2 is 1.65 bits per heavy atom. The molecule has 2 aromatic carbocycles. The number of benzene rings is 2. The van der Waals surface area contributed by atoms with E-state index in [1.165, 1.54) is 6.07 Å². The summed E-state index contributed by atoms with van der Waals surface area (Å²) in [5.74, 6) is 0.636. The Morgan fingerprint density at radius 3 is 2.35 bits per heavy atom. The molecule has 1 N–H and O–H groups in total. The van der Waals surface area contributed by atoms with Crippen LogP contribution in [0.2, 0.25) is 0 Å². The van der Waals surface area contributed by atoms with Crippen molar-refractivity contribution in [1.82, 2.24) is 4.90 Å². The summed E-state index contributed by atoms with van der Waals surface area (Å²) in [6.45, 7) is 3.99. The van der Waals surface area contributed by atoms with Crippen molar-refractivity contribution in [3.63, 3.8) is 0 Å². The highest BCUT2D eigenvalue weighted by molar-refractivity contribution is 5.58. The minimum Gasteiger partial charge on any atom is -0.495 e. The van der Waals surface area contributed by atoms with Crippen molar-refractivity contribution in [1.29, 1.82) is 0 Å². The molecule has 1 atom stereocenters. The van der Waals surface area contributed by atoms with Crippen LogP contribution in [0.5, 0.6) is 11.5 Å². The number of halogens is 1. The highest BCUT2D eigenvalue weighted by atomic mass is 19.1. The van der Waals surface area contributed by atoms with Gasteiger partial charge in [0.1, 0.15) is 18.5 Å². The van der Waals surface area contributed by atoms with E-state index in [1.807, 2.05) is 18.2 Å². The molecular formula is C20H25FN2O3. The van der Waals surface area contributed by atoms with E-state index in [1.54, 1.807) is 25.3 Å². The number of aliphatic hydroxyl groups excluding tert-OH is 1. The number of ether oxygens (including phenoxy) is 2. The van der Waals surface area contributed by atoms with Gasteiger partial charge in [0, 0.05) is 32.7 Å². The third-order valence-corrected chi connectivity index (χ3v) is 4.53. The molecule has 0 aliphatic carbocycles. The highest BCUT2D eigenvalue weighted by Gasteiger charge is 2.21. The SMILES string of the molecule is COc1ccccc1N1CCN(CC(O)COc2ccccc2F)CC1. The second kappa shape index (κ2) is 8.87. The number of nitrogens with zero attached hydrogens (tertiary/aromatic N) is 2. The molecular weight excluding hydrogens is 335 g/mol. The summed E-state index contributed by atoms with van der Waals surface area (Å²) in [5.41, 5.74) is 1.10. The smallest absolute Gasteiger partial charge is 0.165 e. The Kier molecular flexibility index (Phi) is 6.30. The summed E-state index contributed by atoms with van der Waals surface area (Å²) in [7, 11) is 1.68. The number of rotatable bonds is 7. The second-order valence-corrected chi connectivity index (χ2v) is 6.35. The zero-order valence-corrected chi connectivity index (χ0v) is 15.0. The van der Waals surface area contributed by atoms with Gasteiger partial charge in [0.25, 0.3) is 0 Å². The van der Waals surface area contributed by atoms with Crippen molar-refractivity contribution in [2.24, 2.45) is 0 Å². The third kappa shape index (κ3) is 4.65. The Balaban J connectivity index is 1.45. The Labute approximate surface area is 153 Å². The van der Waals surface area contributed by atoms with Crippen molar-refractivity contribution < 1.29 is 19.0 Å². The highest BCUT2D eigenvalue weighted by Crippen LogP contribution is 2.28. The van der Waals surface area contributed by atoms with Crippen LogP contribution < -0.4 is 14.4 Å². The molecule has 1 saturated heterocycles. The van der Waals surface area contributed by atoms with E-state index in [0.717, 1.165) is 37.6 Å². The fraction of sp³-hybridized carbons (Fsp3) is 0.400. The standard InChI is InChI=1S/C20H25FN2O3/c1-25-20-9-5-3-7-18(20)23-12-10-22(11-13-23)14-16(24)15-26-19-8-4-2-6-17(19)21/h2-9,16,24H,10-15H2,1H3. The van der Waals surface area contributed by atoms with Crippen LogP contribution in [0.1, 0.15) is 0 Å². The van der Waals surface area contributed by atoms with Crippen LogP contribution in [0, 0.1) is 5.82 Å². The van der Waals surface area contributed by atoms with Gasteiger partial charge in [-0.3, -0.25) is 4.90 Å². The zero-order valence-electron chi connectivity index (χ0n) is 15.0. The lowest BCUT2D eigenvalue weighted by atomic mass is 10.2. The van der Waals surface area contributed by atoms with Gasteiger partial charge in [-0.25, -0.2) is 4.39 Å². The lowest BCUT2D eigenvalue weighted by molar-refractivity contribution is 0.0649. The first-order valence-electron chi connectivity index (χ1n) is 8.83. The summed E-state index contributed by atoms with van der Waals surface area (Å²) in [6.07, 6.45) is -0.660. The van der Waals surface area contributed by atoms with E-state index in [4.69, 9.17) is 9.47 Å². The van der Waals surface area contributed by atoms with Crippen LogP contribution in [0.25, 0.3) is 0 Å². The molecule has 0 bridgehead atoms. The number of methoxy groups -OCH3 is 1. The molecule has 0 aromatic heterocycles. The zero-order chi connectivity index (χ0) is 18.4. The molecule has 0 saturated carbocycles. The summed E-state index contributed by atoms with van der Waals surface area (Å²) in [5, 5.41) is 10.2. The van der Waals surface area contributed by atoms with E-state index in [0.29, 0.717) is 6.54 Å². The van der Waals surface area contributed by atoms with Crippen LogP contribution in [-0.4, -0.2) is 62.6 Å². The largest absolute Gasteiger partial charge is 0.495 e. The molecule has 6 heteroatoms. The summed E-state index contributed by atoms with van der Waals surface area (Å²) in [4.78, 5) is 4.48. The van der Waals surface area contributed by atoms with E-state index < -0.39 is 11.9 Å². The number of β-amino-alcohol motifs (C(OH)–C–C–N with tert-alkyl or cyclic N) is 1. The van der Waals surface area contributed by atoms with Gasteiger partial charge in [-0.2, -0.15) is 0 Å². The molecule has 2 aromatic rings. The normalized spacial score (nSPS) is 16.3. The molecule has 5 nitrogen and oxygen atoms in total. The maximum absolute atomic E-state index is 13.5. The molecule has 1 heterocycles. The average Bonchev–Trinajstić information content (AvgIpc) is 2.68. The maximum atomic E-state index is 13.5. The van der Waals surface area contributed by atoms with E-state index >= 15 is 0 Å². The third-order valence-electron chi connectivity index (χ3n) is 4.53. The summed E-state index contributed by atoms with van der Waals surface area (Å²) in [6, 6.07) is 14.2.